The molecule has 3 rings (SSSR count). The largest absolute Gasteiger partial charge is 0.511 e. The van der Waals surface area contributed by atoms with Crippen molar-refractivity contribution >= 4 is 23.9 Å². The van der Waals surface area contributed by atoms with Crippen molar-refractivity contribution in [1.29, 1.82) is 0 Å². The predicted octanol–water partition coefficient (Wildman–Crippen LogP) is 0.888. The molecule has 2 N–H and O–H groups in total. The van der Waals surface area contributed by atoms with Crippen LogP contribution in [0.4, 0.5) is 0 Å². The second-order valence-corrected chi connectivity index (χ2v) is 8.00. The summed E-state index contributed by atoms with van der Waals surface area (Å²) < 4.78 is 19.5. The fraction of sp³-hybridized carbons (Fsp3) is 0.478. The van der Waals surface area contributed by atoms with Gasteiger partial charge in [-0.15, -0.1) is 0 Å². The van der Waals surface area contributed by atoms with Gasteiger partial charge >= 0.3 is 23.9 Å². The fourth-order valence-corrected chi connectivity index (χ4v) is 5.36. The van der Waals surface area contributed by atoms with E-state index in [9.17, 15) is 29.4 Å². The van der Waals surface area contributed by atoms with Gasteiger partial charge in [-0.3, -0.25) is 14.4 Å². The van der Waals surface area contributed by atoms with Crippen LogP contribution in [0.15, 0.2) is 41.7 Å². The highest BCUT2D eigenvalue weighted by atomic mass is 16.5. The molecule has 2 aliphatic rings. The van der Waals surface area contributed by atoms with E-state index in [0.29, 0.717) is 5.56 Å². The first-order valence-corrected chi connectivity index (χ1v) is 10.2. The first kappa shape index (κ1) is 24.2. The zero-order chi connectivity index (χ0) is 24.5. The fourth-order valence-electron chi connectivity index (χ4n) is 5.36. The molecule has 10 heteroatoms. The molecule has 1 aromatic carbocycles. The highest BCUT2D eigenvalue weighted by Gasteiger charge is 2.71. The van der Waals surface area contributed by atoms with Crippen LogP contribution in [0.5, 0.6) is 0 Å². The maximum absolute atomic E-state index is 13.1. The molecule has 0 aromatic heterocycles. The van der Waals surface area contributed by atoms with E-state index in [-0.39, 0.29) is 12.0 Å². The van der Waals surface area contributed by atoms with Gasteiger partial charge in [-0.1, -0.05) is 30.3 Å². The van der Waals surface area contributed by atoms with Gasteiger partial charge in [0.2, 0.25) is 0 Å². The highest BCUT2D eigenvalue weighted by molar-refractivity contribution is 5.96. The molecule has 0 heterocycles. The quantitative estimate of drug-likeness (QED) is 0.478. The number of methoxy groups -OCH3 is 4. The number of esters is 4. The maximum atomic E-state index is 13.1. The molecule has 6 atom stereocenters. The number of carbonyl (C=O) groups excluding carboxylic acids is 4. The molecule has 2 aliphatic carbocycles. The summed E-state index contributed by atoms with van der Waals surface area (Å²) in [5.41, 5.74) is -2.27. The molecule has 1 aromatic rings. The Labute approximate surface area is 190 Å². The molecule has 1 saturated carbocycles. The molecule has 1 fully saturated rings. The van der Waals surface area contributed by atoms with Gasteiger partial charge in [0.25, 0.3) is 0 Å². The topological polar surface area (TPSA) is 146 Å². The number of benzene rings is 1. The van der Waals surface area contributed by atoms with Crippen molar-refractivity contribution in [3.8, 4) is 0 Å². The molecular weight excluding hydrogens is 436 g/mol. The van der Waals surface area contributed by atoms with Gasteiger partial charge in [-0.05, 0) is 12.0 Å². The Bertz CT molecular complexity index is 984. The number of fused-ring (bicyclic) bond motifs is 2. The van der Waals surface area contributed by atoms with Crippen molar-refractivity contribution in [2.75, 3.05) is 28.4 Å². The van der Waals surface area contributed by atoms with Crippen molar-refractivity contribution in [3.63, 3.8) is 0 Å². The third-order valence-electron chi connectivity index (χ3n) is 6.67. The Morgan fingerprint density at radius 2 is 1.33 bits per heavy atom. The summed E-state index contributed by atoms with van der Waals surface area (Å²) in [6.07, 6.45) is -0.0196. The minimum Gasteiger partial charge on any atom is -0.511 e. The van der Waals surface area contributed by atoms with Gasteiger partial charge in [0.15, 0.2) is 0 Å². The Hall–Kier alpha value is -3.40. The Balaban J connectivity index is 2.41. The number of aliphatic hydroxyl groups is 2. The van der Waals surface area contributed by atoms with E-state index in [4.69, 9.17) is 18.9 Å². The monoisotopic (exact) mass is 462 g/mol. The average molecular weight is 462 g/mol. The smallest absolute Gasteiger partial charge is 0.337 e. The van der Waals surface area contributed by atoms with Gasteiger partial charge in [-0.25, -0.2) is 4.79 Å². The highest BCUT2D eigenvalue weighted by Crippen LogP contribution is 2.59. The molecule has 0 aliphatic heterocycles. The Morgan fingerprint density at radius 1 is 0.818 bits per heavy atom. The lowest BCUT2D eigenvalue weighted by Gasteiger charge is -2.55. The van der Waals surface area contributed by atoms with Crippen LogP contribution in [0.3, 0.4) is 0 Å². The lowest BCUT2D eigenvalue weighted by atomic mass is 9.49. The summed E-state index contributed by atoms with van der Waals surface area (Å²) in [6, 6.07) is 8.64. The van der Waals surface area contributed by atoms with Gasteiger partial charge in [-0.2, -0.15) is 0 Å². The van der Waals surface area contributed by atoms with E-state index in [2.05, 4.69) is 0 Å². The number of hydrogen-bond donors (Lipinski definition) is 2. The van der Waals surface area contributed by atoms with E-state index in [1.807, 2.05) is 0 Å². The van der Waals surface area contributed by atoms with E-state index in [1.54, 1.807) is 30.3 Å². The van der Waals surface area contributed by atoms with Crippen molar-refractivity contribution in [3.05, 3.63) is 47.2 Å². The van der Waals surface area contributed by atoms with E-state index < -0.39 is 64.8 Å². The molecule has 0 spiro atoms. The van der Waals surface area contributed by atoms with Crippen molar-refractivity contribution < 1.29 is 48.3 Å². The zero-order valence-electron chi connectivity index (χ0n) is 18.6. The lowest BCUT2D eigenvalue weighted by Crippen LogP contribution is -2.68. The first-order chi connectivity index (χ1) is 15.7. The second-order valence-electron chi connectivity index (χ2n) is 8.00. The predicted molar refractivity (Wildman–Crippen MR) is 110 cm³/mol. The SMILES string of the molecule is COC(=O)C1=C(O)[C@@H](C(=O)OC)[C@]2(O)[C@H](C(=O)OC)[C@@H](c3ccccc3)C[C@@H]1[C@@H]2C(=O)OC. The van der Waals surface area contributed by atoms with Gasteiger partial charge in [0.1, 0.15) is 17.3 Å². The van der Waals surface area contributed by atoms with Crippen LogP contribution in [0, 0.1) is 23.7 Å². The van der Waals surface area contributed by atoms with E-state index in [0.717, 1.165) is 28.4 Å². The molecule has 10 nitrogen and oxygen atoms in total. The van der Waals surface area contributed by atoms with Crippen molar-refractivity contribution in [2.24, 2.45) is 23.7 Å². The summed E-state index contributed by atoms with van der Waals surface area (Å²) >= 11 is 0. The zero-order valence-corrected chi connectivity index (χ0v) is 18.6. The number of aliphatic hydroxyl groups excluding tert-OH is 1. The maximum Gasteiger partial charge on any atom is 0.337 e. The Morgan fingerprint density at radius 3 is 1.82 bits per heavy atom. The molecular formula is C23H26O10. The van der Waals surface area contributed by atoms with Crippen LogP contribution < -0.4 is 0 Å². The number of ether oxygens (including phenoxy) is 4. The molecule has 2 bridgehead atoms. The van der Waals surface area contributed by atoms with Crippen LogP contribution >= 0.6 is 0 Å². The minimum absolute atomic E-state index is 0.0196. The molecule has 0 unspecified atom stereocenters. The molecule has 0 saturated heterocycles. The number of rotatable bonds is 5. The van der Waals surface area contributed by atoms with Gasteiger partial charge in [0.05, 0.1) is 45.8 Å². The first-order valence-electron chi connectivity index (χ1n) is 10.2. The van der Waals surface area contributed by atoms with Crippen LogP contribution in [-0.4, -0.2) is 68.1 Å². The summed E-state index contributed by atoms with van der Waals surface area (Å²) in [6.45, 7) is 0. The normalized spacial score (nSPS) is 30.8. The lowest BCUT2D eigenvalue weighted by molar-refractivity contribution is -0.208. The molecule has 0 radical (unpaired) electrons. The third kappa shape index (κ3) is 3.64. The number of hydrogen-bond acceptors (Lipinski definition) is 10. The summed E-state index contributed by atoms with van der Waals surface area (Å²) in [4.78, 5) is 51.6. The standard InChI is InChI=1S/C23H26O10/c1-30-19(25)14-13-10-12(11-8-6-5-7-9-11)15(20(26)31-2)23(29,16(13)21(27)32-3)17(18(14)24)22(28)33-4/h5-9,12-13,15-17,24,29H,10H2,1-4H3/t12-,13+,15+,16-,17+,23+/m1/s1. The Kier molecular flexibility index (Phi) is 6.78. The molecule has 0 amide bonds. The van der Waals surface area contributed by atoms with Crippen molar-refractivity contribution in [2.45, 2.75) is 17.9 Å². The summed E-state index contributed by atoms with van der Waals surface area (Å²) in [5, 5.41) is 23.1. The van der Waals surface area contributed by atoms with Crippen LogP contribution in [0.2, 0.25) is 0 Å². The third-order valence-corrected chi connectivity index (χ3v) is 6.67. The second kappa shape index (κ2) is 9.22. The van der Waals surface area contributed by atoms with Gasteiger partial charge in [0, 0.05) is 11.8 Å². The van der Waals surface area contributed by atoms with E-state index >= 15 is 0 Å². The van der Waals surface area contributed by atoms with E-state index in [1.165, 1.54) is 0 Å². The van der Waals surface area contributed by atoms with Gasteiger partial charge < -0.3 is 29.2 Å². The number of carbonyl (C=O) groups is 4. The molecule has 178 valence electrons. The van der Waals surface area contributed by atoms with Crippen LogP contribution in [0.25, 0.3) is 0 Å². The average Bonchev–Trinajstić information content (AvgIpc) is 2.82. The summed E-state index contributed by atoms with van der Waals surface area (Å²) in [5.74, 6) is -11.7. The summed E-state index contributed by atoms with van der Waals surface area (Å²) in [7, 11) is 4.28. The van der Waals surface area contributed by atoms with Crippen LogP contribution in [-0.2, 0) is 38.1 Å². The minimum atomic E-state index is -2.53. The molecule has 33 heavy (non-hydrogen) atoms. The van der Waals surface area contributed by atoms with Crippen LogP contribution in [0.1, 0.15) is 17.9 Å². The van der Waals surface area contributed by atoms with Crippen molar-refractivity contribution in [1.82, 2.24) is 0 Å².